The second-order valence-corrected chi connectivity index (χ2v) is 4.10. The van der Waals surface area contributed by atoms with Gasteiger partial charge >= 0.3 is 0 Å². The summed E-state index contributed by atoms with van der Waals surface area (Å²) >= 11 is 0. The fourth-order valence-electron chi connectivity index (χ4n) is 1.60. The molecule has 0 spiro atoms. The molecule has 0 saturated carbocycles. The molecule has 0 radical (unpaired) electrons. The summed E-state index contributed by atoms with van der Waals surface area (Å²) < 4.78 is 0. The number of hydrogen-bond donors (Lipinski definition) is 1. The molecule has 2 aromatic rings. The predicted molar refractivity (Wildman–Crippen MR) is 73.2 cm³/mol. The van der Waals surface area contributed by atoms with Crippen molar-refractivity contribution in [1.29, 1.82) is 0 Å². The molecule has 0 aliphatic rings. The maximum atomic E-state index is 10.6. The van der Waals surface area contributed by atoms with Crippen LogP contribution in [-0.4, -0.2) is 16.2 Å². The number of hydrogen-bond acceptors (Lipinski definition) is 4. The van der Waals surface area contributed by atoms with E-state index in [0.717, 1.165) is 5.56 Å². The quantitative estimate of drug-likeness (QED) is 0.519. The van der Waals surface area contributed by atoms with Gasteiger partial charge in [-0.3, -0.25) is 15.1 Å². The number of rotatable bonds is 3. The maximum Gasteiger partial charge on any atom is 0.270 e. The van der Waals surface area contributed by atoms with Gasteiger partial charge in [-0.15, -0.1) is 0 Å². The maximum absolute atomic E-state index is 10.6. The number of nitro groups is 1. The molecule has 2 aromatic carbocycles. The van der Waals surface area contributed by atoms with E-state index in [1.54, 1.807) is 30.3 Å². The van der Waals surface area contributed by atoms with E-state index in [1.807, 2.05) is 6.92 Å². The summed E-state index contributed by atoms with van der Waals surface area (Å²) in [5.41, 5.74) is 2.03. The van der Waals surface area contributed by atoms with Crippen molar-refractivity contribution in [2.45, 2.75) is 6.92 Å². The van der Waals surface area contributed by atoms with Crippen LogP contribution in [0.5, 0.6) is 5.75 Å². The number of aromatic hydroxyl groups is 1. The summed E-state index contributed by atoms with van der Waals surface area (Å²) in [6, 6.07) is 11.2. The van der Waals surface area contributed by atoms with Crippen molar-refractivity contribution in [1.82, 2.24) is 0 Å². The molecule has 5 nitrogen and oxygen atoms in total. The zero-order valence-corrected chi connectivity index (χ0v) is 10.3. The monoisotopic (exact) mass is 256 g/mol. The van der Waals surface area contributed by atoms with Crippen molar-refractivity contribution in [2.24, 2.45) is 4.99 Å². The number of aryl methyl sites for hydroxylation is 1. The summed E-state index contributed by atoms with van der Waals surface area (Å²) in [4.78, 5) is 14.3. The van der Waals surface area contributed by atoms with Gasteiger partial charge in [0.05, 0.1) is 4.92 Å². The Kier molecular flexibility index (Phi) is 3.56. The Balaban J connectivity index is 2.30. The lowest BCUT2D eigenvalue weighted by molar-refractivity contribution is -0.384. The highest BCUT2D eigenvalue weighted by Crippen LogP contribution is 2.26. The molecule has 0 fully saturated rings. The summed E-state index contributed by atoms with van der Waals surface area (Å²) in [6.45, 7) is 1.89. The molecule has 2 rings (SSSR count). The standard InChI is InChI=1S/C14H12N2O3/c1-10-5-6-14(17)13(7-10)15-9-11-3-2-4-12(8-11)16(18)19/h2-9,17H,1H3/b15-9+. The van der Waals surface area contributed by atoms with Crippen molar-refractivity contribution in [2.75, 3.05) is 0 Å². The van der Waals surface area contributed by atoms with E-state index in [4.69, 9.17) is 0 Å². The van der Waals surface area contributed by atoms with Crippen LogP contribution in [-0.2, 0) is 0 Å². The largest absolute Gasteiger partial charge is 0.506 e. The van der Waals surface area contributed by atoms with Gasteiger partial charge in [0.1, 0.15) is 11.4 Å². The van der Waals surface area contributed by atoms with E-state index >= 15 is 0 Å². The summed E-state index contributed by atoms with van der Waals surface area (Å²) in [7, 11) is 0. The second-order valence-electron chi connectivity index (χ2n) is 4.10. The first-order valence-electron chi connectivity index (χ1n) is 5.64. The molecule has 0 heterocycles. The molecule has 0 amide bonds. The molecule has 0 unspecified atom stereocenters. The average molecular weight is 256 g/mol. The molecule has 5 heteroatoms. The van der Waals surface area contributed by atoms with Crippen molar-refractivity contribution in [3.8, 4) is 5.75 Å². The highest BCUT2D eigenvalue weighted by atomic mass is 16.6. The van der Waals surface area contributed by atoms with Crippen LogP contribution in [0.2, 0.25) is 0 Å². The summed E-state index contributed by atoms with van der Waals surface area (Å²) in [5, 5.41) is 20.3. The van der Waals surface area contributed by atoms with Crippen molar-refractivity contribution < 1.29 is 10.0 Å². The fraction of sp³-hybridized carbons (Fsp3) is 0.0714. The molecule has 0 aromatic heterocycles. The van der Waals surface area contributed by atoms with Crippen molar-refractivity contribution in [3.63, 3.8) is 0 Å². The zero-order valence-electron chi connectivity index (χ0n) is 10.3. The lowest BCUT2D eigenvalue weighted by atomic mass is 10.2. The van der Waals surface area contributed by atoms with Gasteiger partial charge in [-0.25, -0.2) is 0 Å². The highest BCUT2D eigenvalue weighted by molar-refractivity contribution is 5.83. The molecule has 0 aliphatic carbocycles. The number of phenolic OH excluding ortho intramolecular Hbond substituents is 1. The third-order valence-corrected chi connectivity index (χ3v) is 2.56. The lowest BCUT2D eigenvalue weighted by Gasteiger charge is -2.00. The van der Waals surface area contributed by atoms with Crippen LogP contribution < -0.4 is 0 Å². The first kappa shape index (κ1) is 12.8. The number of nitrogens with zero attached hydrogens (tertiary/aromatic N) is 2. The highest BCUT2D eigenvalue weighted by Gasteiger charge is 2.04. The minimum absolute atomic E-state index is 0.0115. The van der Waals surface area contributed by atoms with Crippen LogP contribution in [0.3, 0.4) is 0 Å². The predicted octanol–water partition coefficient (Wildman–Crippen LogP) is 3.36. The van der Waals surface area contributed by atoms with Gasteiger partial charge in [0.2, 0.25) is 0 Å². The Morgan fingerprint density at radius 2 is 2.05 bits per heavy atom. The van der Waals surface area contributed by atoms with Crippen LogP contribution in [0.15, 0.2) is 47.5 Å². The van der Waals surface area contributed by atoms with E-state index in [-0.39, 0.29) is 11.4 Å². The van der Waals surface area contributed by atoms with Crippen LogP contribution >= 0.6 is 0 Å². The first-order chi connectivity index (χ1) is 9.06. The molecule has 0 atom stereocenters. The smallest absolute Gasteiger partial charge is 0.270 e. The Bertz CT molecular complexity index is 651. The Labute approximate surface area is 110 Å². The van der Waals surface area contributed by atoms with Crippen LogP contribution in [0, 0.1) is 17.0 Å². The van der Waals surface area contributed by atoms with Gasteiger partial charge < -0.3 is 5.11 Å². The molecule has 0 aliphatic heterocycles. The van der Waals surface area contributed by atoms with E-state index in [1.165, 1.54) is 18.3 Å². The summed E-state index contributed by atoms with van der Waals surface area (Å²) in [5.74, 6) is 0.0762. The molecular weight excluding hydrogens is 244 g/mol. The Morgan fingerprint density at radius 1 is 1.26 bits per heavy atom. The molecule has 1 N–H and O–H groups in total. The van der Waals surface area contributed by atoms with Crippen molar-refractivity contribution in [3.05, 3.63) is 63.7 Å². The molecule has 96 valence electrons. The number of non-ortho nitro benzene ring substituents is 1. The van der Waals surface area contributed by atoms with Gasteiger partial charge in [0, 0.05) is 18.3 Å². The number of nitro benzene ring substituents is 1. The van der Waals surface area contributed by atoms with Crippen LogP contribution in [0.4, 0.5) is 11.4 Å². The number of aliphatic imine (C=N–C) groups is 1. The van der Waals surface area contributed by atoms with E-state index < -0.39 is 4.92 Å². The van der Waals surface area contributed by atoms with Gasteiger partial charge in [0.25, 0.3) is 5.69 Å². The van der Waals surface area contributed by atoms with E-state index in [9.17, 15) is 15.2 Å². The van der Waals surface area contributed by atoms with Crippen molar-refractivity contribution >= 4 is 17.6 Å². The lowest BCUT2D eigenvalue weighted by Crippen LogP contribution is -1.89. The van der Waals surface area contributed by atoms with Gasteiger partial charge in [-0.05, 0) is 30.2 Å². The van der Waals surface area contributed by atoms with Crippen LogP contribution in [0.1, 0.15) is 11.1 Å². The fourth-order valence-corrected chi connectivity index (χ4v) is 1.60. The second kappa shape index (κ2) is 5.30. The Hall–Kier alpha value is -2.69. The van der Waals surface area contributed by atoms with Gasteiger partial charge in [-0.1, -0.05) is 18.2 Å². The Morgan fingerprint density at radius 3 is 2.79 bits per heavy atom. The van der Waals surface area contributed by atoms with Crippen LogP contribution in [0.25, 0.3) is 0 Å². The van der Waals surface area contributed by atoms with E-state index in [0.29, 0.717) is 11.3 Å². The average Bonchev–Trinajstić information content (AvgIpc) is 2.40. The normalized spacial score (nSPS) is 10.8. The summed E-state index contributed by atoms with van der Waals surface area (Å²) in [6.07, 6.45) is 1.49. The van der Waals surface area contributed by atoms with E-state index in [2.05, 4.69) is 4.99 Å². The molecule has 19 heavy (non-hydrogen) atoms. The zero-order chi connectivity index (χ0) is 13.8. The SMILES string of the molecule is Cc1ccc(O)c(/N=C/c2cccc([N+](=O)[O-])c2)c1. The number of phenols is 1. The minimum atomic E-state index is -0.457. The van der Waals surface area contributed by atoms with Gasteiger partial charge in [-0.2, -0.15) is 0 Å². The third kappa shape index (κ3) is 3.16. The first-order valence-corrected chi connectivity index (χ1v) is 5.64. The topological polar surface area (TPSA) is 75.7 Å². The third-order valence-electron chi connectivity index (χ3n) is 2.56. The minimum Gasteiger partial charge on any atom is -0.506 e. The molecular formula is C14H12N2O3. The molecule has 0 bridgehead atoms. The number of benzene rings is 2. The molecule has 0 saturated heterocycles. The van der Waals surface area contributed by atoms with Gasteiger partial charge in [0.15, 0.2) is 0 Å².